The first kappa shape index (κ1) is 9.89. The van der Waals surface area contributed by atoms with E-state index < -0.39 is 6.10 Å². The van der Waals surface area contributed by atoms with E-state index >= 15 is 0 Å². The molecule has 2 N–H and O–H groups in total. The first-order chi connectivity index (χ1) is 6.68. The molecule has 1 atom stereocenters. The normalized spacial score (nSPS) is 22.2. The van der Waals surface area contributed by atoms with Gasteiger partial charge in [-0.05, 0) is 27.6 Å². The van der Waals surface area contributed by atoms with Crippen molar-refractivity contribution in [1.29, 1.82) is 0 Å². The van der Waals surface area contributed by atoms with Gasteiger partial charge in [0.25, 0.3) is 0 Å². The minimum absolute atomic E-state index is 0.402. The lowest BCUT2D eigenvalue weighted by Gasteiger charge is -2.18. The van der Waals surface area contributed by atoms with E-state index in [4.69, 9.17) is 0 Å². The summed E-state index contributed by atoms with van der Waals surface area (Å²) in [5.41, 5.74) is 2.10. The van der Waals surface area contributed by atoms with E-state index in [2.05, 4.69) is 26.3 Å². The fourth-order valence-electron chi connectivity index (χ4n) is 1.64. The smallest absolute Gasteiger partial charge is 0.0852 e. The molecule has 0 saturated carbocycles. The second kappa shape index (κ2) is 3.84. The molecule has 14 heavy (non-hydrogen) atoms. The summed E-state index contributed by atoms with van der Waals surface area (Å²) in [6.45, 7) is 1.40. The number of hydrogen-bond donors (Lipinski definition) is 2. The molecule has 0 aromatic carbocycles. The van der Waals surface area contributed by atoms with Gasteiger partial charge in [-0.15, -0.1) is 0 Å². The van der Waals surface area contributed by atoms with Gasteiger partial charge in [0.15, 0.2) is 0 Å². The number of rotatable bonds is 1. The molecule has 1 aliphatic heterocycles. The third-order valence-corrected chi connectivity index (χ3v) is 2.84. The van der Waals surface area contributed by atoms with Gasteiger partial charge < -0.3 is 10.4 Å². The van der Waals surface area contributed by atoms with Crippen LogP contribution in [-0.4, -0.2) is 34.1 Å². The van der Waals surface area contributed by atoms with Gasteiger partial charge in [-0.2, -0.15) is 5.10 Å². The van der Waals surface area contributed by atoms with Crippen molar-refractivity contribution in [2.75, 3.05) is 13.1 Å². The predicted molar refractivity (Wildman–Crippen MR) is 57.8 cm³/mol. The number of aromatic nitrogens is 2. The Morgan fingerprint density at radius 3 is 3.07 bits per heavy atom. The van der Waals surface area contributed by atoms with E-state index in [0.717, 1.165) is 22.3 Å². The van der Waals surface area contributed by atoms with Crippen LogP contribution in [0.1, 0.15) is 5.69 Å². The standard InChI is InChI=1S/C9H12BrN3O/c1-13-9(8(10)5-12-13)6-2-7(14)4-11-3-6/h2,5,7,11,14H,3-4H2,1H3. The van der Waals surface area contributed by atoms with Crippen molar-refractivity contribution in [3.63, 3.8) is 0 Å². The first-order valence-electron chi connectivity index (χ1n) is 4.46. The molecule has 4 nitrogen and oxygen atoms in total. The van der Waals surface area contributed by atoms with Crippen molar-refractivity contribution >= 4 is 21.5 Å². The van der Waals surface area contributed by atoms with Gasteiger partial charge >= 0.3 is 0 Å². The van der Waals surface area contributed by atoms with Crippen LogP contribution in [0.5, 0.6) is 0 Å². The van der Waals surface area contributed by atoms with Gasteiger partial charge in [0, 0.05) is 20.1 Å². The van der Waals surface area contributed by atoms with E-state index in [1.807, 2.05) is 13.1 Å². The highest BCUT2D eigenvalue weighted by Gasteiger charge is 2.16. The molecule has 0 bridgehead atoms. The average molecular weight is 258 g/mol. The Kier molecular flexibility index (Phi) is 2.71. The van der Waals surface area contributed by atoms with Gasteiger partial charge in [-0.25, -0.2) is 0 Å². The summed E-state index contributed by atoms with van der Waals surface area (Å²) >= 11 is 3.44. The summed E-state index contributed by atoms with van der Waals surface area (Å²) in [5, 5.41) is 16.8. The maximum atomic E-state index is 9.48. The molecular weight excluding hydrogens is 246 g/mol. The highest BCUT2D eigenvalue weighted by atomic mass is 79.9. The highest BCUT2D eigenvalue weighted by molar-refractivity contribution is 9.10. The van der Waals surface area contributed by atoms with Crippen molar-refractivity contribution in [2.24, 2.45) is 7.05 Å². The molecule has 1 aliphatic rings. The summed E-state index contributed by atoms with van der Waals surface area (Å²) in [6, 6.07) is 0. The molecule has 0 saturated heterocycles. The lowest BCUT2D eigenvalue weighted by Crippen LogP contribution is -2.32. The number of aliphatic hydroxyl groups is 1. The fraction of sp³-hybridized carbons (Fsp3) is 0.444. The summed E-state index contributed by atoms with van der Waals surface area (Å²) in [4.78, 5) is 0. The Hall–Kier alpha value is -0.650. The number of β-amino-alcohol motifs (C(OH)–C–C–N with tert-alkyl or cyclic N) is 1. The zero-order valence-corrected chi connectivity index (χ0v) is 9.45. The molecule has 1 aromatic rings. The van der Waals surface area contributed by atoms with Gasteiger partial charge in [-0.3, -0.25) is 4.68 Å². The Morgan fingerprint density at radius 1 is 1.71 bits per heavy atom. The molecule has 2 rings (SSSR count). The molecule has 0 radical (unpaired) electrons. The number of aliphatic hydroxyl groups excluding tert-OH is 1. The van der Waals surface area contributed by atoms with Gasteiger partial charge in [0.2, 0.25) is 0 Å². The van der Waals surface area contributed by atoms with Crippen molar-refractivity contribution in [3.05, 3.63) is 22.4 Å². The number of nitrogens with zero attached hydrogens (tertiary/aromatic N) is 2. The zero-order chi connectivity index (χ0) is 10.1. The molecule has 1 unspecified atom stereocenters. The molecular formula is C9H12BrN3O. The summed E-state index contributed by atoms with van der Waals surface area (Å²) in [7, 11) is 1.89. The van der Waals surface area contributed by atoms with Gasteiger partial charge in [0.05, 0.1) is 22.5 Å². The molecule has 2 heterocycles. The number of nitrogens with one attached hydrogen (secondary N) is 1. The monoisotopic (exact) mass is 257 g/mol. The maximum Gasteiger partial charge on any atom is 0.0852 e. The van der Waals surface area contributed by atoms with Crippen molar-refractivity contribution in [3.8, 4) is 0 Å². The van der Waals surface area contributed by atoms with Crippen LogP contribution in [0.2, 0.25) is 0 Å². The molecule has 0 amide bonds. The molecule has 1 aromatic heterocycles. The molecule has 0 spiro atoms. The highest BCUT2D eigenvalue weighted by Crippen LogP contribution is 2.24. The van der Waals surface area contributed by atoms with Crippen LogP contribution in [0.25, 0.3) is 5.57 Å². The largest absolute Gasteiger partial charge is 0.388 e. The van der Waals surface area contributed by atoms with E-state index in [-0.39, 0.29) is 0 Å². The van der Waals surface area contributed by atoms with Crippen molar-refractivity contribution in [2.45, 2.75) is 6.10 Å². The topological polar surface area (TPSA) is 50.1 Å². The number of hydrogen-bond acceptors (Lipinski definition) is 3. The maximum absolute atomic E-state index is 9.48. The lowest BCUT2D eigenvalue weighted by molar-refractivity contribution is 0.217. The quantitative estimate of drug-likeness (QED) is 0.772. The Bertz CT molecular complexity index is 353. The van der Waals surface area contributed by atoms with Crippen LogP contribution < -0.4 is 5.32 Å². The fourth-order valence-corrected chi connectivity index (χ4v) is 2.24. The van der Waals surface area contributed by atoms with Crippen LogP contribution in [-0.2, 0) is 7.05 Å². The third-order valence-electron chi connectivity index (χ3n) is 2.26. The van der Waals surface area contributed by atoms with Gasteiger partial charge in [-0.1, -0.05) is 0 Å². The van der Waals surface area contributed by atoms with Crippen LogP contribution in [0, 0.1) is 0 Å². The SMILES string of the molecule is Cn1ncc(Br)c1C1=CC(O)CNC1. The summed E-state index contributed by atoms with van der Waals surface area (Å²) in [5.74, 6) is 0. The first-order valence-corrected chi connectivity index (χ1v) is 5.25. The molecule has 0 fully saturated rings. The number of halogens is 1. The van der Waals surface area contributed by atoms with E-state index in [1.165, 1.54) is 0 Å². The molecule has 0 aliphatic carbocycles. The third kappa shape index (κ3) is 1.75. The summed E-state index contributed by atoms with van der Waals surface area (Å²) in [6.07, 6.45) is 3.23. The minimum Gasteiger partial charge on any atom is -0.388 e. The predicted octanol–water partition coefficient (Wildman–Crippen LogP) is 0.530. The van der Waals surface area contributed by atoms with Crippen molar-refractivity contribution in [1.82, 2.24) is 15.1 Å². The van der Waals surface area contributed by atoms with Crippen molar-refractivity contribution < 1.29 is 5.11 Å². The Labute approximate surface area is 90.7 Å². The minimum atomic E-state index is -0.402. The average Bonchev–Trinajstić information content (AvgIpc) is 2.46. The van der Waals surface area contributed by atoms with Crippen LogP contribution in [0.4, 0.5) is 0 Å². The number of aryl methyl sites for hydroxylation is 1. The van der Waals surface area contributed by atoms with Crippen LogP contribution in [0.3, 0.4) is 0 Å². The zero-order valence-electron chi connectivity index (χ0n) is 7.87. The summed E-state index contributed by atoms with van der Waals surface area (Å²) < 4.78 is 2.76. The Morgan fingerprint density at radius 2 is 2.50 bits per heavy atom. The van der Waals surface area contributed by atoms with E-state index in [9.17, 15) is 5.11 Å². The van der Waals surface area contributed by atoms with Gasteiger partial charge in [0.1, 0.15) is 0 Å². The second-order valence-corrected chi connectivity index (χ2v) is 4.21. The van der Waals surface area contributed by atoms with Crippen LogP contribution >= 0.6 is 15.9 Å². The van der Waals surface area contributed by atoms with E-state index in [0.29, 0.717) is 6.54 Å². The van der Waals surface area contributed by atoms with Crippen LogP contribution in [0.15, 0.2) is 16.7 Å². The molecule has 76 valence electrons. The second-order valence-electron chi connectivity index (χ2n) is 3.35. The Balaban J connectivity index is 2.39. The molecule has 5 heteroatoms. The lowest BCUT2D eigenvalue weighted by atomic mass is 10.1. The van der Waals surface area contributed by atoms with E-state index in [1.54, 1.807) is 10.9 Å².